The molecule has 0 amide bonds. The van der Waals surface area contributed by atoms with Crippen LogP contribution in [0.3, 0.4) is 0 Å². The number of benzene rings is 2. The first-order valence-electron chi connectivity index (χ1n) is 8.40. The third kappa shape index (κ3) is 4.98. The highest BCUT2D eigenvalue weighted by atomic mass is 16.6. The van der Waals surface area contributed by atoms with Gasteiger partial charge in [0.15, 0.2) is 17.2 Å². The Bertz CT molecular complexity index is 820. The molecule has 0 radical (unpaired) electrons. The molecule has 2 aromatic carbocycles. The summed E-state index contributed by atoms with van der Waals surface area (Å²) in [4.78, 5) is 10.7. The molecule has 0 aliphatic carbocycles. The molecule has 144 valence electrons. The fraction of sp³-hybridized carbons (Fsp3) is 0.300. The fourth-order valence-corrected chi connectivity index (χ4v) is 2.86. The highest BCUT2D eigenvalue weighted by molar-refractivity contribution is 5.50. The summed E-state index contributed by atoms with van der Waals surface area (Å²) in [5.41, 5.74) is 2.77. The number of allylic oxidation sites excluding steroid dienone is 1. The maximum atomic E-state index is 11.1. The zero-order valence-electron chi connectivity index (χ0n) is 15.8. The molecule has 0 unspecified atom stereocenters. The number of ether oxygens (including phenoxy) is 3. The van der Waals surface area contributed by atoms with Crippen molar-refractivity contribution in [3.63, 3.8) is 0 Å². The summed E-state index contributed by atoms with van der Waals surface area (Å²) in [5, 5.41) is 14.4. The molecule has 2 aromatic rings. The lowest BCUT2D eigenvalue weighted by Crippen LogP contribution is -2.13. The Morgan fingerprint density at radius 1 is 1.04 bits per heavy atom. The van der Waals surface area contributed by atoms with Gasteiger partial charge in [0, 0.05) is 24.7 Å². The number of hydrogen-bond acceptors (Lipinski definition) is 6. The molecule has 7 nitrogen and oxygen atoms in total. The first-order chi connectivity index (χ1) is 13.0. The van der Waals surface area contributed by atoms with Crippen LogP contribution in [0.2, 0.25) is 0 Å². The van der Waals surface area contributed by atoms with Crippen molar-refractivity contribution in [2.45, 2.75) is 19.5 Å². The lowest BCUT2D eigenvalue weighted by Gasteiger charge is -2.15. The van der Waals surface area contributed by atoms with Gasteiger partial charge >= 0.3 is 5.69 Å². The summed E-state index contributed by atoms with van der Waals surface area (Å²) in [6.45, 7) is 4.83. The van der Waals surface area contributed by atoms with Crippen molar-refractivity contribution in [1.29, 1.82) is 0 Å². The Morgan fingerprint density at radius 3 is 2.33 bits per heavy atom. The fourth-order valence-electron chi connectivity index (χ4n) is 2.86. The highest BCUT2D eigenvalue weighted by Gasteiger charge is 2.15. The maximum Gasteiger partial charge on any atom is 0.311 e. The van der Waals surface area contributed by atoms with E-state index in [0.29, 0.717) is 31.0 Å². The number of nitro benzene ring substituents is 1. The minimum absolute atomic E-state index is 0.0452. The number of nitrogens with zero attached hydrogens (tertiary/aromatic N) is 1. The van der Waals surface area contributed by atoms with E-state index in [9.17, 15) is 10.1 Å². The first-order valence-corrected chi connectivity index (χ1v) is 8.40. The minimum Gasteiger partial charge on any atom is -0.493 e. The number of methoxy groups -OCH3 is 3. The molecule has 0 spiro atoms. The Hall–Kier alpha value is -3.06. The number of rotatable bonds is 10. The standard InChI is InChI=1S/C20H24N2O5/c1-5-6-16-9-15(11-19(26-3)20(16)27-4)13-21-12-14-7-8-18(25-2)17(10-14)22(23)24/h5,7-11,21H,1,6,12-13H2,2-4H3. The van der Waals surface area contributed by atoms with E-state index in [1.807, 2.05) is 18.2 Å². The molecule has 0 aromatic heterocycles. The van der Waals surface area contributed by atoms with E-state index in [0.717, 1.165) is 16.7 Å². The van der Waals surface area contributed by atoms with Crippen LogP contribution in [0.25, 0.3) is 0 Å². The molecule has 0 bridgehead atoms. The molecule has 0 aliphatic heterocycles. The highest BCUT2D eigenvalue weighted by Crippen LogP contribution is 2.33. The van der Waals surface area contributed by atoms with E-state index >= 15 is 0 Å². The van der Waals surface area contributed by atoms with Gasteiger partial charge in [-0.3, -0.25) is 10.1 Å². The molecule has 0 saturated carbocycles. The molecule has 7 heteroatoms. The molecule has 0 heterocycles. The van der Waals surface area contributed by atoms with Gasteiger partial charge in [0.1, 0.15) is 0 Å². The Labute approximate surface area is 158 Å². The van der Waals surface area contributed by atoms with Crippen LogP contribution in [0, 0.1) is 10.1 Å². The van der Waals surface area contributed by atoms with Crippen LogP contribution in [0.1, 0.15) is 16.7 Å². The zero-order chi connectivity index (χ0) is 19.8. The summed E-state index contributed by atoms with van der Waals surface area (Å²) in [7, 11) is 4.63. The van der Waals surface area contributed by atoms with Crippen LogP contribution < -0.4 is 19.5 Å². The van der Waals surface area contributed by atoms with E-state index < -0.39 is 4.92 Å². The van der Waals surface area contributed by atoms with E-state index in [1.54, 1.807) is 26.4 Å². The van der Waals surface area contributed by atoms with Gasteiger partial charge in [0.05, 0.1) is 26.3 Å². The van der Waals surface area contributed by atoms with E-state index in [4.69, 9.17) is 14.2 Å². The summed E-state index contributed by atoms with van der Waals surface area (Å²) >= 11 is 0. The van der Waals surface area contributed by atoms with E-state index in [2.05, 4.69) is 11.9 Å². The van der Waals surface area contributed by atoms with Crippen molar-refractivity contribution in [2.24, 2.45) is 0 Å². The van der Waals surface area contributed by atoms with Gasteiger partial charge in [-0.15, -0.1) is 6.58 Å². The topological polar surface area (TPSA) is 82.9 Å². The number of nitrogens with one attached hydrogen (secondary N) is 1. The Balaban J connectivity index is 2.13. The van der Waals surface area contributed by atoms with Gasteiger partial charge in [0.25, 0.3) is 0 Å². The van der Waals surface area contributed by atoms with Gasteiger partial charge in [0.2, 0.25) is 0 Å². The van der Waals surface area contributed by atoms with Crippen molar-refractivity contribution in [1.82, 2.24) is 5.32 Å². The van der Waals surface area contributed by atoms with Crippen molar-refractivity contribution in [3.05, 3.63) is 69.8 Å². The maximum absolute atomic E-state index is 11.1. The average Bonchev–Trinajstić information content (AvgIpc) is 2.67. The van der Waals surface area contributed by atoms with Crippen molar-refractivity contribution >= 4 is 5.69 Å². The normalized spacial score (nSPS) is 10.3. The molecular formula is C20H24N2O5. The first kappa shape index (κ1) is 20.3. The molecule has 2 rings (SSSR count). The third-order valence-electron chi connectivity index (χ3n) is 4.08. The number of nitro groups is 1. The average molecular weight is 372 g/mol. The van der Waals surface area contributed by atoms with Gasteiger partial charge in [-0.2, -0.15) is 0 Å². The Morgan fingerprint density at radius 2 is 1.74 bits per heavy atom. The second-order valence-corrected chi connectivity index (χ2v) is 5.85. The number of hydrogen-bond donors (Lipinski definition) is 1. The zero-order valence-corrected chi connectivity index (χ0v) is 15.8. The second kappa shape index (κ2) is 9.59. The van der Waals surface area contributed by atoms with Crippen molar-refractivity contribution in [2.75, 3.05) is 21.3 Å². The minimum atomic E-state index is -0.446. The predicted molar refractivity (Wildman–Crippen MR) is 104 cm³/mol. The summed E-state index contributed by atoms with van der Waals surface area (Å²) < 4.78 is 15.9. The van der Waals surface area contributed by atoms with Crippen LogP contribution in [-0.2, 0) is 19.5 Å². The summed E-state index contributed by atoms with van der Waals surface area (Å²) in [6.07, 6.45) is 2.48. The molecule has 0 atom stereocenters. The van der Waals surface area contributed by atoms with Crippen LogP contribution in [-0.4, -0.2) is 26.3 Å². The Kier molecular flexibility index (Phi) is 7.19. The third-order valence-corrected chi connectivity index (χ3v) is 4.08. The molecule has 0 fully saturated rings. The van der Waals surface area contributed by atoms with Crippen molar-refractivity contribution in [3.8, 4) is 17.2 Å². The smallest absolute Gasteiger partial charge is 0.311 e. The van der Waals surface area contributed by atoms with Crippen LogP contribution in [0.15, 0.2) is 43.0 Å². The van der Waals surface area contributed by atoms with Crippen LogP contribution in [0.4, 0.5) is 5.69 Å². The van der Waals surface area contributed by atoms with Gasteiger partial charge in [-0.05, 0) is 29.7 Å². The summed E-state index contributed by atoms with van der Waals surface area (Å²) in [6, 6.07) is 8.87. The van der Waals surface area contributed by atoms with E-state index in [1.165, 1.54) is 13.2 Å². The molecular weight excluding hydrogens is 348 g/mol. The summed E-state index contributed by atoms with van der Waals surface area (Å²) in [5.74, 6) is 1.61. The van der Waals surface area contributed by atoms with Gasteiger partial charge < -0.3 is 19.5 Å². The van der Waals surface area contributed by atoms with Crippen LogP contribution >= 0.6 is 0 Å². The predicted octanol–water partition coefficient (Wildman–Crippen LogP) is 3.64. The quantitative estimate of drug-likeness (QED) is 0.389. The monoisotopic (exact) mass is 372 g/mol. The molecule has 1 N–H and O–H groups in total. The largest absolute Gasteiger partial charge is 0.493 e. The van der Waals surface area contributed by atoms with Gasteiger partial charge in [-0.1, -0.05) is 18.2 Å². The van der Waals surface area contributed by atoms with Crippen molar-refractivity contribution < 1.29 is 19.1 Å². The second-order valence-electron chi connectivity index (χ2n) is 5.85. The van der Waals surface area contributed by atoms with E-state index in [-0.39, 0.29) is 11.4 Å². The SMILES string of the molecule is C=CCc1cc(CNCc2ccc(OC)c([N+](=O)[O-])c2)cc(OC)c1OC. The lowest BCUT2D eigenvalue weighted by atomic mass is 10.1. The van der Waals surface area contributed by atoms with Crippen LogP contribution in [0.5, 0.6) is 17.2 Å². The molecule has 0 aliphatic rings. The lowest BCUT2D eigenvalue weighted by molar-refractivity contribution is -0.385. The van der Waals surface area contributed by atoms with Gasteiger partial charge in [-0.25, -0.2) is 0 Å². The molecule has 27 heavy (non-hydrogen) atoms. The molecule has 0 saturated heterocycles.